The molecule has 4 heteroatoms. The highest BCUT2D eigenvalue weighted by Gasteiger charge is 2.50. The second kappa shape index (κ2) is 11.0. The molecule has 3 rings (SSSR count). The van der Waals surface area contributed by atoms with E-state index in [0.29, 0.717) is 36.0 Å². The van der Waals surface area contributed by atoms with Crippen LogP contribution >= 0.6 is 0 Å². The molecular weight excluding hydrogens is 424 g/mol. The Labute approximate surface area is 207 Å². The van der Waals surface area contributed by atoms with Gasteiger partial charge in [-0.25, -0.2) is 0 Å². The molecule has 0 spiro atoms. The lowest BCUT2D eigenvalue weighted by Gasteiger charge is -2.44. The number of hydrogen-bond acceptors (Lipinski definition) is 4. The number of aliphatic hydroxyl groups is 4. The SMILES string of the molecule is CCC(O)(/C=C/C=C/[C@@H](C)C1CCC2/C(=C/CC3C[C@@H](O)C(C)(O)[C@H](O)C3)CCCC21C)CC. The highest BCUT2D eigenvalue weighted by atomic mass is 16.4. The smallest absolute Gasteiger partial charge is 0.113 e. The van der Waals surface area contributed by atoms with Crippen molar-refractivity contribution in [3.8, 4) is 0 Å². The van der Waals surface area contributed by atoms with Crippen LogP contribution in [0.15, 0.2) is 36.0 Å². The number of aliphatic hydroxyl groups excluding tert-OH is 2. The van der Waals surface area contributed by atoms with Gasteiger partial charge in [-0.05, 0) is 100 Å². The third kappa shape index (κ3) is 5.72. The van der Waals surface area contributed by atoms with Gasteiger partial charge in [-0.15, -0.1) is 0 Å². The first-order valence-electron chi connectivity index (χ1n) is 13.8. The summed E-state index contributed by atoms with van der Waals surface area (Å²) in [6.07, 6.45) is 18.8. The van der Waals surface area contributed by atoms with E-state index in [4.69, 9.17) is 0 Å². The van der Waals surface area contributed by atoms with Crippen LogP contribution in [0.2, 0.25) is 0 Å². The molecule has 0 bridgehead atoms. The van der Waals surface area contributed by atoms with Gasteiger partial charge in [0.15, 0.2) is 0 Å². The molecule has 0 radical (unpaired) electrons. The number of allylic oxidation sites excluding steroid dienone is 5. The van der Waals surface area contributed by atoms with Crippen LogP contribution in [0.3, 0.4) is 0 Å². The summed E-state index contributed by atoms with van der Waals surface area (Å²) in [6, 6.07) is 0. The van der Waals surface area contributed by atoms with Crippen molar-refractivity contribution < 1.29 is 20.4 Å². The minimum atomic E-state index is -1.39. The topological polar surface area (TPSA) is 80.9 Å². The maximum absolute atomic E-state index is 10.5. The molecule has 0 aromatic carbocycles. The van der Waals surface area contributed by atoms with Crippen LogP contribution in [0.1, 0.15) is 98.8 Å². The third-order valence-electron chi connectivity index (χ3n) is 10.0. The summed E-state index contributed by atoms with van der Waals surface area (Å²) < 4.78 is 0. The Kier molecular flexibility index (Phi) is 8.93. The second-order valence-electron chi connectivity index (χ2n) is 12.1. The molecule has 4 nitrogen and oxygen atoms in total. The Hall–Kier alpha value is -0.940. The van der Waals surface area contributed by atoms with Gasteiger partial charge in [0.05, 0.1) is 17.8 Å². The highest BCUT2D eigenvalue weighted by molar-refractivity contribution is 5.20. The summed E-state index contributed by atoms with van der Waals surface area (Å²) in [4.78, 5) is 0. The lowest BCUT2D eigenvalue weighted by molar-refractivity contribution is -0.167. The zero-order valence-electron chi connectivity index (χ0n) is 22.2. The second-order valence-corrected chi connectivity index (χ2v) is 12.1. The van der Waals surface area contributed by atoms with E-state index >= 15 is 0 Å². The van der Waals surface area contributed by atoms with E-state index in [1.165, 1.54) is 32.1 Å². The predicted octanol–water partition coefficient (Wildman–Crippen LogP) is 5.70. The van der Waals surface area contributed by atoms with Gasteiger partial charge in [-0.1, -0.05) is 63.6 Å². The number of rotatable bonds is 8. The van der Waals surface area contributed by atoms with Crippen LogP contribution in [0.5, 0.6) is 0 Å². The standard InChI is InChI=1S/C30H50O4/c1-6-30(34,7-2)18-9-8-11-21(3)24-15-16-25-23(12-10-17-28(24,25)4)14-13-22-19-26(31)29(5,33)27(32)20-22/h8-9,11,14,18,21-22,24-27,31-34H,6-7,10,12-13,15-17,19-20H2,1-5H3/b11-8+,18-9+,23-14+/t21-,22?,24?,25?,26-,27-,28?,29?/m1/s1. The van der Waals surface area contributed by atoms with E-state index in [-0.39, 0.29) is 5.92 Å². The van der Waals surface area contributed by atoms with Crippen LogP contribution in [0.25, 0.3) is 0 Å². The minimum absolute atomic E-state index is 0.224. The normalized spacial score (nSPS) is 41.4. The van der Waals surface area contributed by atoms with Gasteiger partial charge >= 0.3 is 0 Å². The van der Waals surface area contributed by atoms with Crippen molar-refractivity contribution in [2.75, 3.05) is 0 Å². The van der Waals surface area contributed by atoms with Crippen molar-refractivity contribution in [2.24, 2.45) is 29.1 Å². The summed E-state index contributed by atoms with van der Waals surface area (Å²) in [5, 5.41) is 41.4. The van der Waals surface area contributed by atoms with Crippen LogP contribution in [0.4, 0.5) is 0 Å². The molecule has 3 saturated carbocycles. The molecule has 0 heterocycles. The van der Waals surface area contributed by atoms with Crippen LogP contribution < -0.4 is 0 Å². The van der Waals surface area contributed by atoms with Gasteiger partial charge in [-0.3, -0.25) is 0 Å². The predicted molar refractivity (Wildman–Crippen MR) is 139 cm³/mol. The highest BCUT2D eigenvalue weighted by Crippen LogP contribution is 2.59. The van der Waals surface area contributed by atoms with E-state index in [1.807, 2.05) is 26.0 Å². The molecule has 0 saturated heterocycles. The van der Waals surface area contributed by atoms with Crippen molar-refractivity contribution in [1.82, 2.24) is 0 Å². The van der Waals surface area contributed by atoms with Gasteiger partial charge in [0.2, 0.25) is 0 Å². The fourth-order valence-corrected chi connectivity index (χ4v) is 7.22. The first kappa shape index (κ1) is 27.6. The quantitative estimate of drug-likeness (QED) is 0.269. The summed E-state index contributed by atoms with van der Waals surface area (Å²) in [5.41, 5.74) is -0.178. The lowest BCUT2D eigenvalue weighted by atomic mass is 9.61. The molecule has 4 N–H and O–H groups in total. The van der Waals surface area contributed by atoms with Gasteiger partial charge in [-0.2, -0.15) is 0 Å². The van der Waals surface area contributed by atoms with Crippen molar-refractivity contribution in [1.29, 1.82) is 0 Å². The van der Waals surface area contributed by atoms with Gasteiger partial charge < -0.3 is 20.4 Å². The van der Waals surface area contributed by atoms with E-state index in [9.17, 15) is 20.4 Å². The first-order chi connectivity index (χ1) is 16.0. The van der Waals surface area contributed by atoms with Gasteiger partial charge in [0, 0.05) is 0 Å². The fourth-order valence-electron chi connectivity index (χ4n) is 7.22. The summed E-state index contributed by atoms with van der Waals surface area (Å²) in [7, 11) is 0. The van der Waals surface area contributed by atoms with Gasteiger partial charge in [0.1, 0.15) is 5.60 Å². The molecular formula is C30H50O4. The van der Waals surface area contributed by atoms with E-state index in [0.717, 1.165) is 19.3 Å². The molecule has 34 heavy (non-hydrogen) atoms. The zero-order chi connectivity index (χ0) is 25.1. The van der Waals surface area contributed by atoms with Crippen molar-refractivity contribution in [3.63, 3.8) is 0 Å². The Morgan fingerprint density at radius 1 is 1.06 bits per heavy atom. The zero-order valence-corrected chi connectivity index (χ0v) is 22.2. The molecule has 3 fully saturated rings. The molecule has 0 aromatic heterocycles. The third-order valence-corrected chi connectivity index (χ3v) is 10.0. The van der Waals surface area contributed by atoms with Crippen LogP contribution in [-0.4, -0.2) is 43.8 Å². The van der Waals surface area contributed by atoms with Crippen molar-refractivity contribution in [2.45, 2.75) is 122 Å². The maximum atomic E-state index is 10.5. The van der Waals surface area contributed by atoms with Crippen molar-refractivity contribution in [3.05, 3.63) is 36.0 Å². The largest absolute Gasteiger partial charge is 0.390 e. The Balaban J connectivity index is 1.64. The Morgan fingerprint density at radius 2 is 1.71 bits per heavy atom. The molecule has 3 aliphatic rings. The fraction of sp³-hybridized carbons (Fsp3) is 0.800. The van der Waals surface area contributed by atoms with Crippen LogP contribution in [0, 0.1) is 29.1 Å². The van der Waals surface area contributed by atoms with E-state index in [1.54, 1.807) is 12.5 Å². The number of fused-ring (bicyclic) bond motifs is 1. The lowest BCUT2D eigenvalue weighted by Crippen LogP contribution is -2.54. The minimum Gasteiger partial charge on any atom is -0.390 e. The van der Waals surface area contributed by atoms with E-state index in [2.05, 4.69) is 32.1 Å². The number of hydrogen-bond donors (Lipinski definition) is 4. The molecule has 0 amide bonds. The Morgan fingerprint density at radius 3 is 2.32 bits per heavy atom. The summed E-state index contributed by atoms with van der Waals surface area (Å²) in [6.45, 7) is 10.4. The van der Waals surface area contributed by atoms with Gasteiger partial charge in [0.25, 0.3) is 0 Å². The van der Waals surface area contributed by atoms with E-state index < -0.39 is 23.4 Å². The molecule has 0 aromatic rings. The Bertz CT molecular complexity index is 748. The monoisotopic (exact) mass is 474 g/mol. The molecule has 194 valence electrons. The molecule has 6 atom stereocenters. The average molecular weight is 475 g/mol. The molecule has 3 aliphatic carbocycles. The first-order valence-corrected chi connectivity index (χ1v) is 13.8. The van der Waals surface area contributed by atoms with Crippen LogP contribution in [-0.2, 0) is 0 Å². The average Bonchev–Trinajstić information content (AvgIpc) is 3.16. The summed E-state index contributed by atoms with van der Waals surface area (Å²) >= 11 is 0. The summed E-state index contributed by atoms with van der Waals surface area (Å²) in [5.74, 6) is 2.02. The van der Waals surface area contributed by atoms with Crippen molar-refractivity contribution >= 4 is 0 Å². The molecule has 0 aliphatic heterocycles. The molecule has 3 unspecified atom stereocenters. The maximum Gasteiger partial charge on any atom is 0.113 e.